The van der Waals surface area contributed by atoms with Gasteiger partial charge in [-0.3, -0.25) is 4.57 Å². The minimum Gasteiger partial charge on any atom is -0.497 e. The Morgan fingerprint density at radius 3 is 2.56 bits per heavy atom. The summed E-state index contributed by atoms with van der Waals surface area (Å²) in [5.74, 6) is 1.94. The largest absolute Gasteiger partial charge is 0.497 e. The number of methoxy groups -OCH3 is 1. The van der Waals surface area contributed by atoms with Gasteiger partial charge in [-0.05, 0) is 42.3 Å². The van der Waals surface area contributed by atoms with E-state index in [4.69, 9.17) is 16.3 Å². The van der Waals surface area contributed by atoms with Gasteiger partial charge in [0.25, 0.3) is 0 Å². The molecule has 1 aromatic heterocycles. The number of ether oxygens (including phenoxy) is 1. The van der Waals surface area contributed by atoms with E-state index in [0.717, 1.165) is 22.8 Å². The Balaban J connectivity index is 2.58. The minimum absolute atomic E-state index is 0.256. The number of benzene rings is 1. The van der Waals surface area contributed by atoms with E-state index in [2.05, 4.69) is 24.0 Å². The lowest BCUT2D eigenvalue weighted by Crippen LogP contribution is -2.05. The first-order chi connectivity index (χ1) is 8.54. The number of rotatable bonds is 3. The van der Waals surface area contributed by atoms with E-state index >= 15 is 0 Å². The van der Waals surface area contributed by atoms with Crippen LogP contribution in [0.2, 0.25) is 5.28 Å². The van der Waals surface area contributed by atoms with Crippen molar-refractivity contribution in [3.63, 3.8) is 0 Å². The monoisotopic (exact) mass is 265 g/mol. The average Bonchev–Trinajstić information content (AvgIpc) is 2.71. The third-order valence-corrected chi connectivity index (χ3v) is 3.05. The fourth-order valence-electron chi connectivity index (χ4n) is 1.88. The first-order valence-electron chi connectivity index (χ1n) is 5.80. The Morgan fingerprint density at radius 1 is 1.28 bits per heavy atom. The number of halogens is 1. The van der Waals surface area contributed by atoms with E-state index in [1.807, 2.05) is 29.7 Å². The van der Waals surface area contributed by atoms with E-state index in [0.29, 0.717) is 5.28 Å². The van der Waals surface area contributed by atoms with E-state index in [9.17, 15) is 0 Å². The lowest BCUT2D eigenvalue weighted by Gasteiger charge is -2.13. The second-order valence-corrected chi connectivity index (χ2v) is 4.81. The normalized spacial score (nSPS) is 11.0. The highest BCUT2D eigenvalue weighted by atomic mass is 35.5. The zero-order chi connectivity index (χ0) is 13.3. The van der Waals surface area contributed by atoms with Crippen molar-refractivity contribution in [2.45, 2.75) is 26.7 Å². The van der Waals surface area contributed by atoms with E-state index in [-0.39, 0.29) is 5.92 Å². The minimum atomic E-state index is 0.256. The maximum absolute atomic E-state index is 6.13. The van der Waals surface area contributed by atoms with Gasteiger partial charge >= 0.3 is 0 Å². The Labute approximate surface area is 112 Å². The van der Waals surface area contributed by atoms with Gasteiger partial charge in [0.15, 0.2) is 0 Å². The lowest BCUT2D eigenvalue weighted by atomic mass is 10.1. The first-order valence-corrected chi connectivity index (χ1v) is 6.18. The molecule has 0 bridgehead atoms. The van der Waals surface area contributed by atoms with Gasteiger partial charge in [0.05, 0.1) is 12.8 Å². The molecule has 5 heteroatoms. The fourth-order valence-corrected chi connectivity index (χ4v) is 2.09. The molecule has 0 aliphatic rings. The summed E-state index contributed by atoms with van der Waals surface area (Å²) in [5.41, 5.74) is 2.05. The van der Waals surface area contributed by atoms with Crippen molar-refractivity contribution in [3.8, 4) is 11.4 Å². The standard InChI is InChI=1S/C13H16ClN3O/c1-8(2)12-15-16-13(14)17(12)11-6-5-10(18-4)7-9(11)3/h5-8H,1-4H3. The van der Waals surface area contributed by atoms with Crippen LogP contribution in [-0.2, 0) is 0 Å². The molecule has 4 nitrogen and oxygen atoms in total. The molecule has 0 atom stereocenters. The molecule has 0 radical (unpaired) electrons. The van der Waals surface area contributed by atoms with E-state index in [1.54, 1.807) is 7.11 Å². The van der Waals surface area contributed by atoms with Crippen molar-refractivity contribution >= 4 is 11.6 Å². The van der Waals surface area contributed by atoms with Crippen LogP contribution in [-0.4, -0.2) is 21.9 Å². The van der Waals surface area contributed by atoms with Gasteiger partial charge in [-0.25, -0.2) is 0 Å². The molecule has 18 heavy (non-hydrogen) atoms. The smallest absolute Gasteiger partial charge is 0.229 e. The van der Waals surface area contributed by atoms with Gasteiger partial charge in [-0.2, -0.15) is 0 Å². The van der Waals surface area contributed by atoms with Crippen molar-refractivity contribution in [1.82, 2.24) is 14.8 Å². The molecule has 2 aromatic rings. The fraction of sp³-hybridized carbons (Fsp3) is 0.385. The molecule has 1 heterocycles. The van der Waals surface area contributed by atoms with E-state index in [1.165, 1.54) is 0 Å². The Hall–Kier alpha value is -1.55. The van der Waals surface area contributed by atoms with Crippen LogP contribution in [0.3, 0.4) is 0 Å². The van der Waals surface area contributed by atoms with Gasteiger partial charge in [0.2, 0.25) is 5.28 Å². The first kappa shape index (κ1) is 12.9. The van der Waals surface area contributed by atoms with Crippen molar-refractivity contribution in [2.24, 2.45) is 0 Å². The highest BCUT2D eigenvalue weighted by molar-refractivity contribution is 6.28. The SMILES string of the molecule is COc1ccc(-n2c(Cl)nnc2C(C)C)c(C)c1. The van der Waals surface area contributed by atoms with Crippen LogP contribution in [0.4, 0.5) is 0 Å². The molecule has 0 aliphatic heterocycles. The molecule has 0 aliphatic carbocycles. The molecule has 0 fully saturated rings. The third kappa shape index (κ3) is 2.20. The molecule has 2 rings (SSSR count). The highest BCUT2D eigenvalue weighted by Crippen LogP contribution is 2.26. The second-order valence-electron chi connectivity index (χ2n) is 4.47. The van der Waals surface area contributed by atoms with Gasteiger partial charge in [0.1, 0.15) is 11.6 Å². The van der Waals surface area contributed by atoms with Crippen LogP contribution in [0.25, 0.3) is 5.69 Å². The average molecular weight is 266 g/mol. The number of hydrogen-bond acceptors (Lipinski definition) is 3. The zero-order valence-electron chi connectivity index (χ0n) is 10.9. The van der Waals surface area contributed by atoms with Gasteiger partial charge < -0.3 is 4.74 Å². The molecule has 0 N–H and O–H groups in total. The van der Waals surface area contributed by atoms with Crippen LogP contribution < -0.4 is 4.74 Å². The molecule has 0 saturated carbocycles. The quantitative estimate of drug-likeness (QED) is 0.854. The Morgan fingerprint density at radius 2 is 2.00 bits per heavy atom. The number of aromatic nitrogens is 3. The van der Waals surface area contributed by atoms with Crippen molar-refractivity contribution in [2.75, 3.05) is 7.11 Å². The molecule has 96 valence electrons. The maximum atomic E-state index is 6.13. The van der Waals surface area contributed by atoms with Crippen LogP contribution in [0.15, 0.2) is 18.2 Å². The van der Waals surface area contributed by atoms with Crippen LogP contribution in [0.5, 0.6) is 5.75 Å². The second kappa shape index (κ2) is 4.98. The summed E-state index contributed by atoms with van der Waals surface area (Å²) < 4.78 is 7.08. The summed E-state index contributed by atoms with van der Waals surface area (Å²) in [6.07, 6.45) is 0. The molecule has 0 saturated heterocycles. The maximum Gasteiger partial charge on any atom is 0.229 e. The van der Waals surface area contributed by atoms with Gasteiger partial charge in [-0.1, -0.05) is 13.8 Å². The molecule has 0 spiro atoms. The summed E-state index contributed by atoms with van der Waals surface area (Å²) in [7, 11) is 1.65. The number of nitrogens with zero attached hydrogens (tertiary/aromatic N) is 3. The predicted octanol–water partition coefficient (Wildman–Crippen LogP) is 3.36. The molecule has 0 unspecified atom stereocenters. The highest BCUT2D eigenvalue weighted by Gasteiger charge is 2.16. The van der Waals surface area contributed by atoms with Gasteiger partial charge in [-0.15, -0.1) is 10.2 Å². The molecule has 1 aromatic carbocycles. The third-order valence-electron chi connectivity index (χ3n) is 2.81. The van der Waals surface area contributed by atoms with Crippen molar-refractivity contribution < 1.29 is 4.74 Å². The van der Waals surface area contributed by atoms with Crippen molar-refractivity contribution in [3.05, 3.63) is 34.9 Å². The van der Waals surface area contributed by atoms with Crippen LogP contribution >= 0.6 is 11.6 Å². The van der Waals surface area contributed by atoms with Crippen molar-refractivity contribution in [1.29, 1.82) is 0 Å². The summed E-state index contributed by atoms with van der Waals surface area (Å²) in [6, 6.07) is 5.84. The van der Waals surface area contributed by atoms with Crippen LogP contribution in [0, 0.1) is 6.92 Å². The number of hydrogen-bond donors (Lipinski definition) is 0. The summed E-state index contributed by atoms with van der Waals surface area (Å²) in [5, 5.41) is 8.45. The lowest BCUT2D eigenvalue weighted by molar-refractivity contribution is 0.414. The molecule has 0 amide bonds. The topological polar surface area (TPSA) is 39.9 Å². The van der Waals surface area contributed by atoms with Crippen LogP contribution in [0.1, 0.15) is 31.2 Å². The summed E-state index contributed by atoms with van der Waals surface area (Å²) >= 11 is 6.13. The van der Waals surface area contributed by atoms with Gasteiger partial charge in [0, 0.05) is 5.92 Å². The van der Waals surface area contributed by atoms with E-state index < -0.39 is 0 Å². The summed E-state index contributed by atoms with van der Waals surface area (Å²) in [4.78, 5) is 0. The predicted molar refractivity (Wildman–Crippen MR) is 71.7 cm³/mol. The Kier molecular flexibility index (Phi) is 3.57. The summed E-state index contributed by atoms with van der Waals surface area (Å²) in [6.45, 7) is 6.14. The number of aryl methyl sites for hydroxylation is 1. The Bertz CT molecular complexity index is 563. The molecular formula is C13H16ClN3O. The zero-order valence-corrected chi connectivity index (χ0v) is 11.7. The molecular weight excluding hydrogens is 250 g/mol.